The highest BCUT2D eigenvalue weighted by molar-refractivity contribution is 5.74. The molecule has 0 unspecified atom stereocenters. The molecule has 0 aromatic rings. The fourth-order valence-electron chi connectivity index (χ4n) is 5.06. The Labute approximate surface area is 140 Å². The summed E-state index contributed by atoms with van der Waals surface area (Å²) in [6, 6.07) is 0. The summed E-state index contributed by atoms with van der Waals surface area (Å²) in [6.07, 6.45) is 0.952. The molecule has 0 N–H and O–H groups in total. The second-order valence-electron chi connectivity index (χ2n) is 7.81. The Hall–Kier alpha value is -1.18. The minimum absolute atomic E-state index is 0.0190. The first kappa shape index (κ1) is 16.3. The minimum atomic E-state index is -1.29. The molecule has 8 atom stereocenters. The van der Waals surface area contributed by atoms with Crippen molar-refractivity contribution in [2.75, 3.05) is 0 Å². The van der Waals surface area contributed by atoms with Gasteiger partial charge in [0, 0.05) is 18.8 Å². The highest BCUT2D eigenvalue weighted by Gasteiger charge is 2.72. The number of hydrogen-bond donors (Lipinski definition) is 0. The molecule has 2 bridgehead atoms. The predicted molar refractivity (Wildman–Crippen MR) is 79.0 cm³/mol. The van der Waals surface area contributed by atoms with Gasteiger partial charge in [-0.3, -0.25) is 9.59 Å². The van der Waals surface area contributed by atoms with Gasteiger partial charge in [-0.1, -0.05) is 13.8 Å². The maximum Gasteiger partial charge on any atom is 0.311 e. The zero-order valence-electron chi connectivity index (χ0n) is 14.4. The standard InChI is InChI=1S/C17H24O7/c1-8-5-6-11-9(2)14(19)21-15-17(11)12(8)7-13(20-10(3)18)16(4,22-15)23-24-17/h8-9,11-13,15H,5-7H2,1-4H3/t8-,9-,11+,12+,13-,15-,16-,17+/m1/s1. The lowest BCUT2D eigenvalue weighted by molar-refractivity contribution is -0.565. The van der Waals surface area contributed by atoms with Crippen LogP contribution in [0.1, 0.15) is 47.0 Å². The van der Waals surface area contributed by atoms with Crippen LogP contribution in [0.2, 0.25) is 0 Å². The predicted octanol–water partition coefficient (Wildman–Crippen LogP) is 1.94. The Balaban J connectivity index is 1.80. The molecule has 1 spiro atoms. The van der Waals surface area contributed by atoms with E-state index in [1.54, 1.807) is 6.92 Å². The number of carbonyl (C=O) groups is 2. The van der Waals surface area contributed by atoms with Gasteiger partial charge in [-0.25, -0.2) is 4.89 Å². The van der Waals surface area contributed by atoms with Crippen LogP contribution in [0, 0.1) is 23.7 Å². The van der Waals surface area contributed by atoms with E-state index in [9.17, 15) is 9.59 Å². The number of hydrogen-bond acceptors (Lipinski definition) is 7. The molecule has 1 saturated carbocycles. The van der Waals surface area contributed by atoms with E-state index in [-0.39, 0.29) is 23.7 Å². The van der Waals surface area contributed by atoms with Crippen LogP contribution in [0.15, 0.2) is 0 Å². The molecule has 24 heavy (non-hydrogen) atoms. The fraction of sp³-hybridized carbons (Fsp3) is 0.882. The molecule has 7 heteroatoms. The lowest BCUT2D eigenvalue weighted by Gasteiger charge is -2.57. The molecule has 0 aromatic heterocycles. The molecular weight excluding hydrogens is 316 g/mol. The van der Waals surface area contributed by atoms with Crippen LogP contribution in [0.3, 0.4) is 0 Å². The van der Waals surface area contributed by atoms with Crippen LogP contribution in [0.5, 0.6) is 0 Å². The third-order valence-corrected chi connectivity index (χ3v) is 6.40. The zero-order valence-corrected chi connectivity index (χ0v) is 14.4. The molecule has 0 radical (unpaired) electrons. The topological polar surface area (TPSA) is 80.3 Å². The van der Waals surface area contributed by atoms with Crippen LogP contribution >= 0.6 is 0 Å². The van der Waals surface area contributed by atoms with Crippen LogP contribution in [-0.2, 0) is 33.6 Å². The van der Waals surface area contributed by atoms with E-state index >= 15 is 0 Å². The molecule has 1 aliphatic carbocycles. The van der Waals surface area contributed by atoms with Crippen molar-refractivity contribution >= 4 is 11.9 Å². The summed E-state index contributed by atoms with van der Waals surface area (Å²) in [5, 5.41) is 0. The number of fused-ring (bicyclic) bond motifs is 2. The molecule has 4 saturated heterocycles. The molecule has 5 rings (SSSR count). The van der Waals surface area contributed by atoms with Crippen molar-refractivity contribution in [3.63, 3.8) is 0 Å². The molecule has 5 fully saturated rings. The number of ether oxygens (including phenoxy) is 3. The van der Waals surface area contributed by atoms with Gasteiger partial charge in [-0.2, -0.15) is 4.89 Å². The number of rotatable bonds is 1. The lowest BCUT2D eigenvalue weighted by Crippen LogP contribution is -2.70. The van der Waals surface area contributed by atoms with Crippen molar-refractivity contribution in [3.05, 3.63) is 0 Å². The van der Waals surface area contributed by atoms with E-state index in [1.807, 2.05) is 6.92 Å². The largest absolute Gasteiger partial charge is 0.457 e. The van der Waals surface area contributed by atoms with E-state index in [0.29, 0.717) is 12.3 Å². The van der Waals surface area contributed by atoms with Crippen LogP contribution in [0.25, 0.3) is 0 Å². The second-order valence-corrected chi connectivity index (χ2v) is 7.81. The molecule has 7 nitrogen and oxygen atoms in total. The van der Waals surface area contributed by atoms with Gasteiger partial charge in [0.1, 0.15) is 0 Å². The molecule has 0 amide bonds. The third kappa shape index (κ3) is 2.01. The van der Waals surface area contributed by atoms with Gasteiger partial charge in [-0.15, -0.1) is 0 Å². The number of esters is 2. The first-order valence-corrected chi connectivity index (χ1v) is 8.70. The fourth-order valence-corrected chi connectivity index (χ4v) is 5.06. The Morgan fingerprint density at radius 3 is 2.67 bits per heavy atom. The van der Waals surface area contributed by atoms with Crippen molar-refractivity contribution in [1.82, 2.24) is 0 Å². The Morgan fingerprint density at radius 1 is 1.21 bits per heavy atom. The average Bonchev–Trinajstić information content (AvgIpc) is 2.69. The van der Waals surface area contributed by atoms with Crippen molar-refractivity contribution in [1.29, 1.82) is 0 Å². The summed E-state index contributed by atoms with van der Waals surface area (Å²) in [4.78, 5) is 35.5. The van der Waals surface area contributed by atoms with Crippen LogP contribution in [0.4, 0.5) is 0 Å². The van der Waals surface area contributed by atoms with Crippen molar-refractivity contribution in [2.24, 2.45) is 23.7 Å². The van der Waals surface area contributed by atoms with Crippen molar-refractivity contribution < 1.29 is 33.6 Å². The van der Waals surface area contributed by atoms with Crippen LogP contribution in [-0.4, -0.2) is 35.7 Å². The lowest BCUT2D eigenvalue weighted by atomic mass is 9.58. The minimum Gasteiger partial charge on any atom is -0.457 e. The van der Waals surface area contributed by atoms with Crippen LogP contribution < -0.4 is 0 Å². The Kier molecular flexibility index (Phi) is 3.50. The van der Waals surface area contributed by atoms with E-state index in [4.69, 9.17) is 24.0 Å². The Morgan fingerprint density at radius 2 is 1.96 bits per heavy atom. The van der Waals surface area contributed by atoms with E-state index in [0.717, 1.165) is 12.8 Å². The molecule has 5 aliphatic rings. The third-order valence-electron chi connectivity index (χ3n) is 6.40. The van der Waals surface area contributed by atoms with Gasteiger partial charge in [-0.05, 0) is 32.1 Å². The van der Waals surface area contributed by atoms with Gasteiger partial charge < -0.3 is 14.2 Å². The van der Waals surface area contributed by atoms with Crippen molar-refractivity contribution in [3.8, 4) is 0 Å². The molecule has 4 heterocycles. The maximum atomic E-state index is 12.3. The normalized spacial score (nSPS) is 52.9. The molecule has 134 valence electrons. The number of carbonyl (C=O) groups excluding carboxylic acids is 2. The average molecular weight is 340 g/mol. The maximum absolute atomic E-state index is 12.3. The summed E-state index contributed by atoms with van der Waals surface area (Å²) >= 11 is 0. The van der Waals surface area contributed by atoms with Gasteiger partial charge in [0.15, 0.2) is 11.7 Å². The second kappa shape index (κ2) is 5.16. The summed E-state index contributed by atoms with van der Waals surface area (Å²) in [5.74, 6) is -1.94. The monoisotopic (exact) mass is 340 g/mol. The zero-order chi connectivity index (χ0) is 17.3. The van der Waals surface area contributed by atoms with Crippen molar-refractivity contribution in [2.45, 2.75) is 70.7 Å². The summed E-state index contributed by atoms with van der Waals surface area (Å²) < 4.78 is 17.1. The first-order valence-electron chi connectivity index (χ1n) is 8.70. The van der Waals surface area contributed by atoms with Gasteiger partial charge in [0.2, 0.25) is 12.1 Å². The summed E-state index contributed by atoms with van der Waals surface area (Å²) in [7, 11) is 0. The van der Waals surface area contributed by atoms with Gasteiger partial charge >= 0.3 is 11.9 Å². The van der Waals surface area contributed by atoms with Gasteiger partial charge in [0.25, 0.3) is 0 Å². The van der Waals surface area contributed by atoms with E-state index < -0.39 is 29.8 Å². The van der Waals surface area contributed by atoms with Gasteiger partial charge in [0.05, 0.1) is 5.92 Å². The molecule has 4 aliphatic heterocycles. The quantitative estimate of drug-likeness (QED) is 0.533. The highest BCUT2D eigenvalue weighted by atomic mass is 17.3. The SMILES string of the molecule is CC(=O)O[C@@H]1C[C@H]2[C@H](C)CC[C@H]3[C@@H](C)C(=O)O[C@@H]4O[C@]1(C)OO[C@]423. The summed E-state index contributed by atoms with van der Waals surface area (Å²) in [5.41, 5.74) is -0.834. The summed E-state index contributed by atoms with van der Waals surface area (Å²) in [6.45, 7) is 7.05. The molecular formula is C17H24O7. The highest BCUT2D eigenvalue weighted by Crippen LogP contribution is 2.60. The first-order chi connectivity index (χ1) is 11.3. The Bertz CT molecular complexity index is 577. The van der Waals surface area contributed by atoms with E-state index in [1.165, 1.54) is 6.92 Å². The molecule has 0 aromatic carbocycles. The van der Waals surface area contributed by atoms with E-state index in [2.05, 4.69) is 6.92 Å². The smallest absolute Gasteiger partial charge is 0.311 e.